The van der Waals surface area contributed by atoms with Crippen molar-refractivity contribution in [2.24, 2.45) is 0 Å². The van der Waals surface area contributed by atoms with E-state index in [9.17, 15) is 13.2 Å². The second-order valence-corrected chi connectivity index (χ2v) is 7.95. The molecule has 2 atom stereocenters. The molecule has 1 amide bonds. The van der Waals surface area contributed by atoms with Crippen LogP contribution in [0.3, 0.4) is 0 Å². The summed E-state index contributed by atoms with van der Waals surface area (Å²) in [5, 5.41) is 6.58. The van der Waals surface area contributed by atoms with Crippen molar-refractivity contribution in [3.05, 3.63) is 46.8 Å². The van der Waals surface area contributed by atoms with Gasteiger partial charge in [0.25, 0.3) is 0 Å². The molecule has 0 saturated carbocycles. The first-order valence-corrected chi connectivity index (χ1v) is 9.61. The molecule has 0 spiro atoms. The second kappa shape index (κ2) is 6.61. The van der Waals surface area contributed by atoms with Crippen LogP contribution in [-0.4, -0.2) is 25.5 Å². The van der Waals surface area contributed by atoms with Crippen LogP contribution in [0, 0.1) is 13.8 Å². The SMILES string of the molecule is Cc1noc(C)c1S(=O)(=O)N[C@@H](C)C(=O)NC1CCc2ccccc21. The van der Waals surface area contributed by atoms with Gasteiger partial charge in [0, 0.05) is 0 Å². The van der Waals surface area contributed by atoms with Crippen molar-refractivity contribution >= 4 is 15.9 Å². The monoisotopic (exact) mass is 363 g/mol. The van der Waals surface area contributed by atoms with Crippen LogP contribution in [0.2, 0.25) is 0 Å². The smallest absolute Gasteiger partial charge is 0.246 e. The molecule has 1 aromatic carbocycles. The highest BCUT2D eigenvalue weighted by Crippen LogP contribution is 2.30. The third-order valence-corrected chi connectivity index (χ3v) is 6.20. The van der Waals surface area contributed by atoms with Crippen molar-refractivity contribution in [1.29, 1.82) is 0 Å². The summed E-state index contributed by atoms with van der Waals surface area (Å²) in [6.07, 6.45) is 1.72. The number of aromatic nitrogens is 1. The molecule has 1 heterocycles. The fourth-order valence-corrected chi connectivity index (χ4v) is 4.74. The van der Waals surface area contributed by atoms with Crippen molar-refractivity contribution < 1.29 is 17.7 Å². The van der Waals surface area contributed by atoms with Gasteiger partial charge < -0.3 is 9.84 Å². The number of hydrogen-bond acceptors (Lipinski definition) is 5. The Labute approximate surface area is 146 Å². The number of benzene rings is 1. The summed E-state index contributed by atoms with van der Waals surface area (Å²) in [6, 6.07) is 6.95. The van der Waals surface area contributed by atoms with Gasteiger partial charge in [-0.2, -0.15) is 4.72 Å². The number of amides is 1. The summed E-state index contributed by atoms with van der Waals surface area (Å²) >= 11 is 0. The van der Waals surface area contributed by atoms with Crippen LogP contribution in [0.1, 0.15) is 42.0 Å². The standard InChI is InChI=1S/C17H21N3O4S/c1-10-16(12(3)24-19-10)25(22,23)20-11(2)17(21)18-15-9-8-13-6-4-5-7-14(13)15/h4-7,11,15,20H,8-9H2,1-3H3,(H,18,21)/t11-,15?/m0/s1. The Morgan fingerprint density at radius 1 is 1.32 bits per heavy atom. The second-order valence-electron chi connectivity index (χ2n) is 6.29. The van der Waals surface area contributed by atoms with E-state index in [4.69, 9.17) is 4.52 Å². The molecule has 0 saturated heterocycles. The van der Waals surface area contributed by atoms with Crippen molar-refractivity contribution in [2.45, 2.75) is 50.6 Å². The van der Waals surface area contributed by atoms with E-state index in [1.807, 2.05) is 24.3 Å². The maximum atomic E-state index is 12.5. The van der Waals surface area contributed by atoms with Crippen LogP contribution in [-0.2, 0) is 21.2 Å². The lowest BCUT2D eigenvalue weighted by atomic mass is 10.1. The van der Waals surface area contributed by atoms with Crippen LogP contribution in [0.4, 0.5) is 0 Å². The largest absolute Gasteiger partial charge is 0.360 e. The minimum Gasteiger partial charge on any atom is -0.360 e. The van der Waals surface area contributed by atoms with Gasteiger partial charge in [0.1, 0.15) is 10.6 Å². The zero-order chi connectivity index (χ0) is 18.2. The highest BCUT2D eigenvalue weighted by Gasteiger charge is 2.30. The first kappa shape index (κ1) is 17.6. The van der Waals surface area contributed by atoms with Crippen molar-refractivity contribution in [3.8, 4) is 0 Å². The van der Waals surface area contributed by atoms with Gasteiger partial charge in [-0.15, -0.1) is 0 Å². The fraction of sp³-hybridized carbons (Fsp3) is 0.412. The van der Waals surface area contributed by atoms with Crippen LogP contribution in [0.25, 0.3) is 0 Å². The predicted molar refractivity (Wildman–Crippen MR) is 91.4 cm³/mol. The van der Waals surface area contributed by atoms with E-state index in [1.165, 1.54) is 19.4 Å². The number of carbonyl (C=O) groups excluding carboxylic acids is 1. The molecule has 25 heavy (non-hydrogen) atoms. The third-order valence-electron chi connectivity index (χ3n) is 4.41. The molecule has 2 N–H and O–H groups in total. The Morgan fingerprint density at radius 2 is 2.04 bits per heavy atom. The quantitative estimate of drug-likeness (QED) is 0.843. The van der Waals surface area contributed by atoms with Gasteiger partial charge in [-0.05, 0) is 44.7 Å². The molecule has 1 aliphatic rings. The first-order valence-electron chi connectivity index (χ1n) is 8.13. The Balaban J connectivity index is 1.70. The van der Waals surface area contributed by atoms with Gasteiger partial charge in [-0.25, -0.2) is 8.42 Å². The number of nitrogens with zero attached hydrogens (tertiary/aromatic N) is 1. The van der Waals surface area contributed by atoms with Crippen LogP contribution < -0.4 is 10.0 Å². The number of carbonyl (C=O) groups is 1. The zero-order valence-electron chi connectivity index (χ0n) is 14.4. The molecule has 134 valence electrons. The molecule has 3 rings (SSSR count). The van der Waals surface area contributed by atoms with Crippen LogP contribution in [0.15, 0.2) is 33.7 Å². The van der Waals surface area contributed by atoms with Gasteiger partial charge >= 0.3 is 0 Å². The van der Waals surface area contributed by atoms with Gasteiger partial charge in [0.2, 0.25) is 15.9 Å². The topological polar surface area (TPSA) is 101 Å². The van der Waals surface area contributed by atoms with E-state index in [0.717, 1.165) is 18.4 Å². The molecular formula is C17H21N3O4S. The molecule has 1 aromatic heterocycles. The van der Waals surface area contributed by atoms with Gasteiger partial charge in [0.15, 0.2) is 5.76 Å². The molecule has 7 nitrogen and oxygen atoms in total. The predicted octanol–water partition coefficient (Wildman–Crippen LogP) is 1.76. The van der Waals surface area contributed by atoms with Crippen LogP contribution >= 0.6 is 0 Å². The highest BCUT2D eigenvalue weighted by atomic mass is 32.2. The van der Waals surface area contributed by atoms with E-state index in [-0.39, 0.29) is 28.3 Å². The Hall–Kier alpha value is -2.19. The molecule has 0 radical (unpaired) electrons. The minimum absolute atomic E-state index is 0.0154. The maximum Gasteiger partial charge on any atom is 0.246 e. The average Bonchev–Trinajstić information content (AvgIpc) is 3.11. The summed E-state index contributed by atoms with van der Waals surface area (Å²) in [4.78, 5) is 12.4. The summed E-state index contributed by atoms with van der Waals surface area (Å²) in [5.74, 6) is -0.167. The van der Waals surface area contributed by atoms with Gasteiger partial charge in [-0.1, -0.05) is 29.4 Å². The van der Waals surface area contributed by atoms with Crippen molar-refractivity contribution in [3.63, 3.8) is 0 Å². The summed E-state index contributed by atoms with van der Waals surface area (Å²) in [7, 11) is -3.88. The number of rotatable bonds is 5. The number of sulfonamides is 1. The van der Waals surface area contributed by atoms with Crippen LogP contribution in [0.5, 0.6) is 0 Å². The van der Waals surface area contributed by atoms with Gasteiger partial charge in [0.05, 0.1) is 12.1 Å². The molecular weight excluding hydrogens is 342 g/mol. The number of fused-ring (bicyclic) bond motifs is 1. The summed E-state index contributed by atoms with van der Waals surface area (Å²) in [6.45, 7) is 4.59. The molecule has 2 aromatic rings. The number of nitrogens with one attached hydrogen (secondary N) is 2. The molecule has 1 aliphatic carbocycles. The normalized spacial score (nSPS) is 18.0. The minimum atomic E-state index is -3.88. The lowest BCUT2D eigenvalue weighted by Gasteiger charge is -2.18. The summed E-state index contributed by atoms with van der Waals surface area (Å²) < 4.78 is 32.3. The van der Waals surface area contributed by atoms with E-state index in [0.29, 0.717) is 0 Å². The molecule has 1 unspecified atom stereocenters. The van der Waals surface area contributed by atoms with E-state index in [2.05, 4.69) is 15.2 Å². The fourth-order valence-electron chi connectivity index (χ4n) is 3.21. The average molecular weight is 363 g/mol. The molecule has 0 aliphatic heterocycles. The Morgan fingerprint density at radius 3 is 2.72 bits per heavy atom. The van der Waals surface area contributed by atoms with E-state index < -0.39 is 16.1 Å². The lowest BCUT2D eigenvalue weighted by Crippen LogP contribution is -2.45. The zero-order valence-corrected chi connectivity index (χ0v) is 15.2. The first-order chi connectivity index (χ1) is 11.8. The van der Waals surface area contributed by atoms with Crippen molar-refractivity contribution in [2.75, 3.05) is 0 Å². The maximum absolute atomic E-state index is 12.5. The van der Waals surface area contributed by atoms with Gasteiger partial charge in [-0.3, -0.25) is 4.79 Å². The number of aryl methyl sites for hydroxylation is 3. The highest BCUT2D eigenvalue weighted by molar-refractivity contribution is 7.89. The Bertz CT molecular complexity index is 885. The Kier molecular flexibility index (Phi) is 4.66. The summed E-state index contributed by atoms with van der Waals surface area (Å²) in [5.41, 5.74) is 2.58. The number of hydrogen-bond donors (Lipinski definition) is 2. The molecule has 0 bridgehead atoms. The van der Waals surface area contributed by atoms with E-state index in [1.54, 1.807) is 6.92 Å². The molecule has 8 heteroatoms. The van der Waals surface area contributed by atoms with Crippen molar-refractivity contribution in [1.82, 2.24) is 15.2 Å². The lowest BCUT2D eigenvalue weighted by molar-refractivity contribution is -0.123. The third kappa shape index (κ3) is 3.45. The van der Waals surface area contributed by atoms with E-state index >= 15 is 0 Å². The molecule has 0 fully saturated rings.